The van der Waals surface area contributed by atoms with E-state index in [4.69, 9.17) is 0 Å². The first-order chi connectivity index (χ1) is 22.5. The van der Waals surface area contributed by atoms with E-state index in [1.165, 1.54) is 44.9 Å². The molecule has 6 heteroatoms. The van der Waals surface area contributed by atoms with Crippen molar-refractivity contribution in [2.45, 2.75) is 117 Å². The molecule has 0 saturated heterocycles. The fourth-order valence-electron chi connectivity index (χ4n) is 12.7. The van der Waals surface area contributed by atoms with Crippen molar-refractivity contribution in [2.75, 3.05) is 6.54 Å². The van der Waals surface area contributed by atoms with Crippen LogP contribution < -0.4 is 10.6 Å². The number of nitrogens with one attached hydrogen (secondary N) is 2. The Morgan fingerprint density at radius 2 is 1.66 bits per heavy atom. The van der Waals surface area contributed by atoms with Crippen molar-refractivity contribution in [3.63, 3.8) is 0 Å². The van der Waals surface area contributed by atoms with Gasteiger partial charge in [-0.1, -0.05) is 52.3 Å². The molecule has 5 fully saturated rings. The molecule has 6 nitrogen and oxygen atoms in total. The molecule has 0 aliphatic heterocycles. The molecule has 5 aliphatic carbocycles. The summed E-state index contributed by atoms with van der Waals surface area (Å²) >= 11 is 0. The molecule has 9 atom stereocenters. The quantitative estimate of drug-likeness (QED) is 0.293. The number of aromatic nitrogens is 1. The van der Waals surface area contributed by atoms with Gasteiger partial charge in [0.15, 0.2) is 0 Å². The number of rotatable bonds is 7. The van der Waals surface area contributed by atoms with Crippen LogP contribution in [-0.2, 0) is 17.8 Å². The van der Waals surface area contributed by atoms with Gasteiger partial charge in [-0.25, -0.2) is 0 Å². The fraction of sp³-hybridized carbons (Fsp3) is 0.683. The first-order valence-corrected chi connectivity index (χ1v) is 18.7. The van der Waals surface area contributed by atoms with Crippen molar-refractivity contribution in [3.05, 3.63) is 65.5 Å². The van der Waals surface area contributed by atoms with Gasteiger partial charge in [-0.2, -0.15) is 0 Å². The van der Waals surface area contributed by atoms with E-state index in [9.17, 15) is 14.7 Å². The molecular formula is C41H57N3O3. The Kier molecular flexibility index (Phi) is 8.59. The second-order valence-electron chi connectivity index (χ2n) is 17.3. The highest BCUT2D eigenvalue weighted by Crippen LogP contribution is 2.73. The predicted molar refractivity (Wildman–Crippen MR) is 185 cm³/mol. The summed E-state index contributed by atoms with van der Waals surface area (Å²) in [6, 6.07) is 13.5. The SMILES string of the molecule is CC1(C)C(O)CCC2(C)C1CCC1(C)C3CCC4(C(=O)NCCc5cccc(C(=O)NCc6ccccn6)c5)CCCC4C3CCC12. The van der Waals surface area contributed by atoms with Crippen LogP contribution in [-0.4, -0.2) is 34.6 Å². The van der Waals surface area contributed by atoms with E-state index in [1.807, 2.05) is 42.5 Å². The van der Waals surface area contributed by atoms with Gasteiger partial charge < -0.3 is 15.7 Å². The maximum Gasteiger partial charge on any atom is 0.251 e. The lowest BCUT2D eigenvalue weighted by Gasteiger charge is -2.69. The topological polar surface area (TPSA) is 91.3 Å². The average molecular weight is 640 g/mol. The molecule has 2 amide bonds. The van der Waals surface area contributed by atoms with Crippen LogP contribution in [0.3, 0.4) is 0 Å². The summed E-state index contributed by atoms with van der Waals surface area (Å²) in [6.45, 7) is 10.9. The van der Waals surface area contributed by atoms with Gasteiger partial charge in [0.1, 0.15) is 0 Å². The van der Waals surface area contributed by atoms with E-state index in [0.29, 0.717) is 59.6 Å². The molecule has 9 unspecified atom stereocenters. The summed E-state index contributed by atoms with van der Waals surface area (Å²) in [6.07, 6.45) is 15.1. The number of benzene rings is 1. The van der Waals surface area contributed by atoms with Gasteiger partial charge in [0, 0.05) is 18.3 Å². The zero-order valence-electron chi connectivity index (χ0n) is 29.2. The maximum atomic E-state index is 14.2. The fourth-order valence-corrected chi connectivity index (χ4v) is 12.7. The second-order valence-corrected chi connectivity index (χ2v) is 17.3. The van der Waals surface area contributed by atoms with E-state index in [2.05, 4.69) is 43.3 Å². The number of fused-ring (bicyclic) bond motifs is 7. The third-order valence-corrected chi connectivity index (χ3v) is 15.0. The summed E-state index contributed by atoms with van der Waals surface area (Å²) in [4.78, 5) is 31.3. The van der Waals surface area contributed by atoms with Crippen molar-refractivity contribution in [1.29, 1.82) is 0 Å². The maximum absolute atomic E-state index is 14.2. The number of amides is 2. The summed E-state index contributed by atoms with van der Waals surface area (Å²) in [5.41, 5.74) is 2.95. The van der Waals surface area contributed by atoms with Gasteiger partial charge in [0.25, 0.3) is 5.91 Å². The van der Waals surface area contributed by atoms with Crippen LogP contribution in [0.4, 0.5) is 0 Å². The number of nitrogens with zero attached hydrogens (tertiary/aromatic N) is 1. The van der Waals surface area contributed by atoms with Gasteiger partial charge in [0.05, 0.1) is 23.8 Å². The third-order valence-electron chi connectivity index (χ3n) is 15.0. The van der Waals surface area contributed by atoms with Crippen LogP contribution in [0, 0.1) is 51.2 Å². The van der Waals surface area contributed by atoms with Gasteiger partial charge in [-0.15, -0.1) is 0 Å². The minimum Gasteiger partial charge on any atom is -0.393 e. The van der Waals surface area contributed by atoms with Crippen LogP contribution in [0.1, 0.15) is 120 Å². The number of aliphatic hydroxyl groups excluding tert-OH is 1. The molecular weight excluding hydrogens is 582 g/mol. The van der Waals surface area contributed by atoms with Crippen molar-refractivity contribution in [2.24, 2.45) is 51.2 Å². The molecule has 2 aromatic rings. The lowest BCUT2D eigenvalue weighted by Crippen LogP contribution is -2.63. The lowest BCUT2D eigenvalue weighted by atomic mass is 9.36. The summed E-state index contributed by atoms with van der Waals surface area (Å²) < 4.78 is 0. The van der Waals surface area contributed by atoms with E-state index >= 15 is 0 Å². The van der Waals surface area contributed by atoms with Crippen molar-refractivity contribution in [1.82, 2.24) is 15.6 Å². The number of hydrogen-bond donors (Lipinski definition) is 3. The van der Waals surface area contributed by atoms with Gasteiger partial charge >= 0.3 is 0 Å². The summed E-state index contributed by atoms with van der Waals surface area (Å²) in [7, 11) is 0. The lowest BCUT2D eigenvalue weighted by molar-refractivity contribution is -0.214. The summed E-state index contributed by atoms with van der Waals surface area (Å²) in [5, 5.41) is 17.4. The Hall–Kier alpha value is -2.73. The second kappa shape index (κ2) is 12.3. The number of carbonyl (C=O) groups is 2. The Labute approximate surface area is 282 Å². The molecule has 7 rings (SSSR count). The van der Waals surface area contributed by atoms with E-state index in [-0.39, 0.29) is 28.7 Å². The van der Waals surface area contributed by atoms with Crippen molar-refractivity contribution < 1.29 is 14.7 Å². The first-order valence-electron chi connectivity index (χ1n) is 18.7. The van der Waals surface area contributed by atoms with Crippen LogP contribution in [0.2, 0.25) is 0 Å². The Bertz CT molecular complexity index is 1480. The summed E-state index contributed by atoms with van der Waals surface area (Å²) in [5.74, 6) is 3.36. The monoisotopic (exact) mass is 639 g/mol. The zero-order valence-corrected chi connectivity index (χ0v) is 29.2. The molecule has 1 heterocycles. The molecule has 5 saturated carbocycles. The molecule has 254 valence electrons. The molecule has 0 bridgehead atoms. The Morgan fingerprint density at radius 3 is 2.47 bits per heavy atom. The van der Waals surface area contributed by atoms with Crippen LogP contribution >= 0.6 is 0 Å². The number of aliphatic hydroxyl groups is 1. The Balaban J connectivity index is 0.989. The average Bonchev–Trinajstić information content (AvgIpc) is 3.52. The van der Waals surface area contributed by atoms with E-state index < -0.39 is 0 Å². The predicted octanol–water partition coefficient (Wildman–Crippen LogP) is 7.50. The number of pyridine rings is 1. The molecule has 1 aromatic carbocycles. The Morgan fingerprint density at radius 1 is 0.830 bits per heavy atom. The van der Waals surface area contributed by atoms with Gasteiger partial charge in [0.2, 0.25) is 5.91 Å². The highest BCUT2D eigenvalue weighted by Gasteiger charge is 2.67. The minimum atomic E-state index is -0.213. The molecule has 1 aromatic heterocycles. The van der Waals surface area contributed by atoms with Crippen LogP contribution in [0.15, 0.2) is 48.7 Å². The molecule has 0 radical (unpaired) electrons. The highest BCUT2D eigenvalue weighted by atomic mass is 16.3. The first kappa shape index (κ1) is 32.8. The molecule has 3 N–H and O–H groups in total. The van der Waals surface area contributed by atoms with Crippen molar-refractivity contribution >= 4 is 11.8 Å². The number of hydrogen-bond acceptors (Lipinski definition) is 4. The smallest absolute Gasteiger partial charge is 0.251 e. The zero-order chi connectivity index (χ0) is 33.0. The van der Waals surface area contributed by atoms with Gasteiger partial charge in [-0.3, -0.25) is 14.6 Å². The van der Waals surface area contributed by atoms with Gasteiger partial charge in [-0.05, 0) is 146 Å². The minimum absolute atomic E-state index is 0.00967. The van der Waals surface area contributed by atoms with E-state index in [0.717, 1.165) is 42.9 Å². The van der Waals surface area contributed by atoms with E-state index in [1.54, 1.807) is 6.20 Å². The van der Waals surface area contributed by atoms with Crippen molar-refractivity contribution in [3.8, 4) is 0 Å². The normalized spacial score (nSPS) is 38.7. The standard InChI is InChI=1S/C41H57N3O3/c1-38(2)33-16-20-39(3)31-15-22-41(19-8-12-32(41)30(31)13-14-34(39)40(33,4)21-17-35(38)45)37(47)43-24-18-27-9-7-10-28(25-27)36(46)44-26-29-11-5-6-23-42-29/h5-7,9-11,23,25,30-35,45H,8,12-22,24,26H2,1-4H3,(H,43,47)(H,44,46). The largest absolute Gasteiger partial charge is 0.393 e. The molecule has 0 spiro atoms. The molecule has 47 heavy (non-hydrogen) atoms. The number of carbonyl (C=O) groups excluding carboxylic acids is 2. The third kappa shape index (κ3) is 5.45. The highest BCUT2D eigenvalue weighted by molar-refractivity contribution is 5.94. The van der Waals surface area contributed by atoms with Crippen LogP contribution in [0.25, 0.3) is 0 Å². The molecule has 5 aliphatic rings. The van der Waals surface area contributed by atoms with Crippen LogP contribution in [0.5, 0.6) is 0 Å².